The standard InChI is InChI=1S/C10H16N2O2/c1-3-14-10(13)8-12-6-4-5-9(12)7-11-2/h4-6,11H,3,7-8H2,1-2H3. The van der Waals surface area contributed by atoms with Crippen LogP contribution in [0.4, 0.5) is 0 Å². The van der Waals surface area contributed by atoms with E-state index >= 15 is 0 Å². The van der Waals surface area contributed by atoms with E-state index in [4.69, 9.17) is 4.74 Å². The van der Waals surface area contributed by atoms with E-state index in [1.54, 1.807) is 0 Å². The summed E-state index contributed by atoms with van der Waals surface area (Å²) in [6, 6.07) is 3.90. The van der Waals surface area contributed by atoms with Crippen LogP contribution in [-0.2, 0) is 22.6 Å². The summed E-state index contributed by atoms with van der Waals surface area (Å²) in [6.45, 7) is 3.29. The first-order valence-corrected chi connectivity index (χ1v) is 4.72. The van der Waals surface area contributed by atoms with Gasteiger partial charge >= 0.3 is 5.97 Å². The van der Waals surface area contributed by atoms with Crippen LogP contribution < -0.4 is 5.32 Å². The molecular weight excluding hydrogens is 180 g/mol. The Hall–Kier alpha value is -1.29. The summed E-state index contributed by atoms with van der Waals surface area (Å²) in [7, 11) is 1.88. The van der Waals surface area contributed by atoms with Gasteiger partial charge in [0.15, 0.2) is 0 Å². The average Bonchev–Trinajstić information content (AvgIpc) is 2.54. The van der Waals surface area contributed by atoms with Crippen molar-refractivity contribution < 1.29 is 9.53 Å². The highest BCUT2D eigenvalue weighted by atomic mass is 16.5. The van der Waals surface area contributed by atoms with Gasteiger partial charge in [-0.15, -0.1) is 0 Å². The number of ether oxygens (including phenoxy) is 1. The Balaban J connectivity index is 2.56. The molecule has 0 bridgehead atoms. The minimum absolute atomic E-state index is 0.193. The second kappa shape index (κ2) is 5.44. The molecule has 0 amide bonds. The molecule has 0 aliphatic heterocycles. The highest BCUT2D eigenvalue weighted by molar-refractivity contribution is 5.69. The number of carbonyl (C=O) groups excluding carboxylic acids is 1. The van der Waals surface area contributed by atoms with E-state index < -0.39 is 0 Å². The summed E-state index contributed by atoms with van der Waals surface area (Å²) in [5.41, 5.74) is 1.08. The lowest BCUT2D eigenvalue weighted by Gasteiger charge is -2.07. The molecule has 14 heavy (non-hydrogen) atoms. The smallest absolute Gasteiger partial charge is 0.325 e. The van der Waals surface area contributed by atoms with Gasteiger partial charge in [0, 0.05) is 18.4 Å². The number of esters is 1. The molecule has 1 aromatic rings. The topological polar surface area (TPSA) is 43.3 Å². The second-order valence-electron chi connectivity index (χ2n) is 2.96. The zero-order valence-electron chi connectivity index (χ0n) is 8.62. The van der Waals surface area contributed by atoms with E-state index in [0.717, 1.165) is 12.2 Å². The first-order chi connectivity index (χ1) is 6.77. The summed E-state index contributed by atoms with van der Waals surface area (Å²) < 4.78 is 6.75. The van der Waals surface area contributed by atoms with Crippen molar-refractivity contribution in [2.45, 2.75) is 20.0 Å². The lowest BCUT2D eigenvalue weighted by Crippen LogP contribution is -2.17. The van der Waals surface area contributed by atoms with Crippen molar-refractivity contribution in [2.24, 2.45) is 0 Å². The summed E-state index contributed by atoms with van der Waals surface area (Å²) >= 11 is 0. The molecule has 4 heteroatoms. The largest absolute Gasteiger partial charge is 0.465 e. The van der Waals surface area contributed by atoms with Crippen molar-refractivity contribution >= 4 is 5.97 Å². The van der Waals surface area contributed by atoms with Gasteiger partial charge in [-0.3, -0.25) is 4.79 Å². The number of nitrogens with one attached hydrogen (secondary N) is 1. The van der Waals surface area contributed by atoms with Crippen LogP contribution in [0.15, 0.2) is 18.3 Å². The lowest BCUT2D eigenvalue weighted by atomic mass is 10.4. The van der Waals surface area contributed by atoms with Crippen molar-refractivity contribution in [3.63, 3.8) is 0 Å². The van der Waals surface area contributed by atoms with Gasteiger partial charge in [0.05, 0.1) is 6.61 Å². The van der Waals surface area contributed by atoms with Gasteiger partial charge in [-0.2, -0.15) is 0 Å². The van der Waals surface area contributed by atoms with Crippen LogP contribution in [0.25, 0.3) is 0 Å². The Labute approximate surface area is 83.9 Å². The SMILES string of the molecule is CCOC(=O)Cn1cccc1CNC. The number of rotatable bonds is 5. The van der Waals surface area contributed by atoms with Crippen LogP contribution in [0.2, 0.25) is 0 Å². The summed E-state index contributed by atoms with van der Waals surface area (Å²) in [4.78, 5) is 11.2. The molecule has 0 unspecified atom stereocenters. The number of aromatic nitrogens is 1. The van der Waals surface area contributed by atoms with Gasteiger partial charge in [-0.25, -0.2) is 0 Å². The zero-order valence-corrected chi connectivity index (χ0v) is 8.62. The minimum Gasteiger partial charge on any atom is -0.465 e. The van der Waals surface area contributed by atoms with Crippen LogP contribution >= 0.6 is 0 Å². The molecule has 1 aromatic heterocycles. The van der Waals surface area contributed by atoms with Crippen molar-refractivity contribution in [2.75, 3.05) is 13.7 Å². The van der Waals surface area contributed by atoms with Gasteiger partial charge in [-0.1, -0.05) is 0 Å². The van der Waals surface area contributed by atoms with Crippen molar-refractivity contribution in [1.29, 1.82) is 0 Å². The molecular formula is C10H16N2O2. The first-order valence-electron chi connectivity index (χ1n) is 4.72. The summed E-state index contributed by atoms with van der Waals surface area (Å²) in [5.74, 6) is -0.193. The highest BCUT2D eigenvalue weighted by Gasteiger charge is 2.05. The van der Waals surface area contributed by atoms with Gasteiger partial charge in [-0.05, 0) is 26.1 Å². The Morgan fingerprint density at radius 3 is 3.07 bits per heavy atom. The van der Waals surface area contributed by atoms with Crippen molar-refractivity contribution in [3.8, 4) is 0 Å². The lowest BCUT2D eigenvalue weighted by molar-refractivity contribution is -0.143. The Kier molecular flexibility index (Phi) is 4.19. The maximum absolute atomic E-state index is 11.2. The molecule has 0 saturated heterocycles. The van der Waals surface area contributed by atoms with Gasteiger partial charge in [0.1, 0.15) is 6.54 Å². The van der Waals surface area contributed by atoms with Crippen LogP contribution in [0.1, 0.15) is 12.6 Å². The third-order valence-electron chi connectivity index (χ3n) is 1.89. The van der Waals surface area contributed by atoms with Gasteiger partial charge in [0.2, 0.25) is 0 Å². The van der Waals surface area contributed by atoms with Crippen LogP contribution in [0.5, 0.6) is 0 Å². The molecule has 0 fully saturated rings. The van der Waals surface area contributed by atoms with Crippen LogP contribution in [0, 0.1) is 0 Å². The fraction of sp³-hybridized carbons (Fsp3) is 0.500. The Bertz CT molecular complexity index is 294. The summed E-state index contributed by atoms with van der Waals surface area (Å²) in [6.07, 6.45) is 1.88. The van der Waals surface area contributed by atoms with E-state index in [9.17, 15) is 4.79 Å². The van der Waals surface area contributed by atoms with Gasteiger partial charge < -0.3 is 14.6 Å². The van der Waals surface area contributed by atoms with E-state index in [1.165, 1.54) is 0 Å². The number of hydrogen-bond donors (Lipinski definition) is 1. The molecule has 1 heterocycles. The second-order valence-corrected chi connectivity index (χ2v) is 2.96. The van der Waals surface area contributed by atoms with E-state index in [-0.39, 0.29) is 12.5 Å². The fourth-order valence-corrected chi connectivity index (χ4v) is 1.29. The number of nitrogens with zero attached hydrogens (tertiary/aromatic N) is 1. The molecule has 0 aromatic carbocycles. The van der Waals surface area contributed by atoms with Gasteiger partial charge in [0.25, 0.3) is 0 Å². The monoisotopic (exact) mass is 196 g/mol. The zero-order chi connectivity index (χ0) is 10.4. The molecule has 0 aliphatic rings. The molecule has 0 atom stereocenters. The molecule has 4 nitrogen and oxygen atoms in total. The predicted octanol–water partition coefficient (Wildman–Crippen LogP) is 0.771. The molecule has 0 aliphatic carbocycles. The van der Waals surface area contributed by atoms with E-state index in [1.807, 2.05) is 36.9 Å². The minimum atomic E-state index is -0.193. The predicted molar refractivity (Wildman–Crippen MR) is 53.8 cm³/mol. The third-order valence-corrected chi connectivity index (χ3v) is 1.89. The molecule has 0 spiro atoms. The number of carbonyl (C=O) groups is 1. The van der Waals surface area contributed by atoms with E-state index in [0.29, 0.717) is 6.61 Å². The third kappa shape index (κ3) is 2.88. The van der Waals surface area contributed by atoms with Crippen LogP contribution in [0.3, 0.4) is 0 Å². The maximum atomic E-state index is 11.2. The highest BCUT2D eigenvalue weighted by Crippen LogP contribution is 2.02. The first kappa shape index (κ1) is 10.8. The Morgan fingerprint density at radius 1 is 1.64 bits per heavy atom. The quantitative estimate of drug-likeness (QED) is 0.707. The molecule has 0 saturated carbocycles. The number of hydrogen-bond acceptors (Lipinski definition) is 3. The molecule has 1 N–H and O–H groups in total. The van der Waals surface area contributed by atoms with Crippen molar-refractivity contribution in [1.82, 2.24) is 9.88 Å². The molecule has 0 radical (unpaired) electrons. The average molecular weight is 196 g/mol. The molecule has 78 valence electrons. The van der Waals surface area contributed by atoms with E-state index in [2.05, 4.69) is 5.32 Å². The Morgan fingerprint density at radius 2 is 2.43 bits per heavy atom. The fourth-order valence-electron chi connectivity index (χ4n) is 1.29. The molecule has 1 rings (SSSR count). The maximum Gasteiger partial charge on any atom is 0.325 e. The van der Waals surface area contributed by atoms with Crippen LogP contribution in [-0.4, -0.2) is 24.2 Å². The normalized spacial score (nSPS) is 10.1. The van der Waals surface area contributed by atoms with Crippen molar-refractivity contribution in [3.05, 3.63) is 24.0 Å². The summed E-state index contributed by atoms with van der Waals surface area (Å²) in [5, 5.41) is 3.04.